The van der Waals surface area contributed by atoms with Crippen molar-refractivity contribution in [2.24, 2.45) is 0 Å². The third-order valence-corrected chi connectivity index (χ3v) is 1.24. The Hall–Kier alpha value is -0.0800. The molecule has 1 radical (unpaired) electrons. The topological polar surface area (TPSA) is 29.5 Å². The minimum Gasteiger partial charge on any atom is -0.393 e. The summed E-state index contributed by atoms with van der Waals surface area (Å²) in [6, 6.07) is 0. The molecule has 0 saturated heterocycles. The van der Waals surface area contributed by atoms with E-state index in [0.29, 0.717) is 13.0 Å². The van der Waals surface area contributed by atoms with Gasteiger partial charge in [-0.3, -0.25) is 0 Å². The molecule has 1 N–H and O–H groups in total. The molecule has 0 aromatic heterocycles. The molecule has 61 valence electrons. The number of hydrogen-bond donors (Lipinski definition) is 1. The van der Waals surface area contributed by atoms with E-state index in [1.165, 1.54) is 0 Å². The van der Waals surface area contributed by atoms with Crippen LogP contribution in [0.1, 0.15) is 26.2 Å². The van der Waals surface area contributed by atoms with Crippen LogP contribution in [0.15, 0.2) is 0 Å². The second-order valence-electron chi connectivity index (χ2n) is 2.41. The van der Waals surface area contributed by atoms with E-state index in [0.717, 1.165) is 19.4 Å². The van der Waals surface area contributed by atoms with Crippen LogP contribution in [0, 0.1) is 6.92 Å². The second-order valence-corrected chi connectivity index (χ2v) is 2.41. The summed E-state index contributed by atoms with van der Waals surface area (Å²) in [4.78, 5) is 0. The van der Waals surface area contributed by atoms with Crippen LogP contribution in [0.3, 0.4) is 0 Å². The van der Waals surface area contributed by atoms with Gasteiger partial charge in [0.15, 0.2) is 0 Å². The molecule has 0 spiro atoms. The second kappa shape index (κ2) is 7.03. The maximum Gasteiger partial charge on any atom is 0.0563 e. The minimum atomic E-state index is -0.471. The van der Waals surface area contributed by atoms with E-state index >= 15 is 0 Å². The van der Waals surface area contributed by atoms with Crippen LogP contribution >= 0.6 is 0 Å². The van der Waals surface area contributed by atoms with Crippen LogP contribution in [0.5, 0.6) is 0 Å². The van der Waals surface area contributed by atoms with Crippen molar-refractivity contribution in [2.45, 2.75) is 32.3 Å². The molecular weight excluding hydrogens is 128 g/mol. The summed E-state index contributed by atoms with van der Waals surface area (Å²) in [7, 11) is 0. The summed E-state index contributed by atoms with van der Waals surface area (Å²) in [6.45, 7) is 6.99. The smallest absolute Gasteiger partial charge is 0.0563 e. The Morgan fingerprint density at radius 3 is 2.70 bits per heavy atom. The first kappa shape index (κ1) is 9.92. The first-order valence-electron chi connectivity index (χ1n) is 3.86. The number of ether oxygens (including phenoxy) is 1. The fourth-order valence-electron chi connectivity index (χ4n) is 0.568. The van der Waals surface area contributed by atoms with Gasteiger partial charge in [-0.25, -0.2) is 0 Å². The lowest BCUT2D eigenvalue weighted by Gasteiger charge is -2.04. The highest BCUT2D eigenvalue weighted by molar-refractivity contribution is 4.54. The molecule has 0 aliphatic carbocycles. The largest absolute Gasteiger partial charge is 0.393 e. The van der Waals surface area contributed by atoms with E-state index in [2.05, 4.69) is 13.8 Å². The van der Waals surface area contributed by atoms with Crippen molar-refractivity contribution >= 4 is 0 Å². The van der Waals surface area contributed by atoms with Gasteiger partial charge in [-0.2, -0.15) is 0 Å². The number of rotatable bonds is 6. The van der Waals surface area contributed by atoms with Crippen LogP contribution in [-0.4, -0.2) is 24.4 Å². The predicted octanol–water partition coefficient (Wildman–Crippen LogP) is 1.39. The quantitative estimate of drug-likeness (QED) is 0.572. The molecule has 0 aromatic rings. The highest BCUT2D eigenvalue weighted by Crippen LogP contribution is 1.92. The van der Waals surface area contributed by atoms with Gasteiger partial charge in [0, 0.05) is 13.2 Å². The fraction of sp³-hybridized carbons (Fsp3) is 0.875. The summed E-state index contributed by atoms with van der Waals surface area (Å²) >= 11 is 0. The Bertz CT molecular complexity index is 62.3. The summed E-state index contributed by atoms with van der Waals surface area (Å²) in [5.41, 5.74) is 0. The highest BCUT2D eigenvalue weighted by Gasteiger charge is 1.93. The molecule has 0 aliphatic heterocycles. The monoisotopic (exact) mass is 145 g/mol. The van der Waals surface area contributed by atoms with Crippen molar-refractivity contribution in [3.8, 4) is 0 Å². The van der Waals surface area contributed by atoms with E-state index in [9.17, 15) is 0 Å². The van der Waals surface area contributed by atoms with Gasteiger partial charge >= 0.3 is 0 Å². The number of hydrogen-bond acceptors (Lipinski definition) is 2. The molecule has 1 unspecified atom stereocenters. The Labute approximate surface area is 63.2 Å². The summed E-state index contributed by atoms with van der Waals surface area (Å²) < 4.78 is 5.18. The van der Waals surface area contributed by atoms with Crippen molar-refractivity contribution in [2.75, 3.05) is 13.2 Å². The molecule has 0 aromatic carbocycles. The zero-order valence-electron chi connectivity index (χ0n) is 6.68. The summed E-state index contributed by atoms with van der Waals surface area (Å²) in [5, 5.41) is 8.72. The molecule has 0 bridgehead atoms. The van der Waals surface area contributed by atoms with Crippen LogP contribution in [-0.2, 0) is 4.74 Å². The van der Waals surface area contributed by atoms with E-state index in [4.69, 9.17) is 9.84 Å². The van der Waals surface area contributed by atoms with E-state index < -0.39 is 6.10 Å². The highest BCUT2D eigenvalue weighted by atomic mass is 16.5. The van der Waals surface area contributed by atoms with E-state index in [-0.39, 0.29) is 0 Å². The van der Waals surface area contributed by atoms with Gasteiger partial charge in [0.2, 0.25) is 0 Å². The number of aliphatic hydroxyl groups excluding tert-OH is 1. The number of aliphatic hydroxyl groups is 1. The maximum atomic E-state index is 8.72. The zero-order chi connectivity index (χ0) is 7.82. The number of unbranched alkanes of at least 4 members (excludes halogenated alkanes) is 1. The predicted molar refractivity (Wildman–Crippen MR) is 41.7 cm³/mol. The van der Waals surface area contributed by atoms with Crippen LogP contribution < -0.4 is 0 Å². The molecule has 0 rings (SSSR count). The van der Waals surface area contributed by atoms with Crippen LogP contribution in [0.2, 0.25) is 0 Å². The third-order valence-electron chi connectivity index (χ3n) is 1.24. The lowest BCUT2D eigenvalue weighted by atomic mass is 10.3. The molecule has 0 fully saturated rings. The van der Waals surface area contributed by atoms with Gasteiger partial charge < -0.3 is 9.84 Å². The summed E-state index contributed by atoms with van der Waals surface area (Å²) in [6.07, 6.45) is 2.44. The molecule has 0 aliphatic rings. The molecule has 2 heteroatoms. The third kappa shape index (κ3) is 7.92. The van der Waals surface area contributed by atoms with Gasteiger partial charge in [-0.05, 0) is 19.8 Å². The molecule has 0 heterocycles. The Kier molecular flexibility index (Phi) is 6.98. The van der Waals surface area contributed by atoms with Crippen molar-refractivity contribution in [3.63, 3.8) is 0 Å². The summed E-state index contributed by atoms with van der Waals surface area (Å²) in [5.74, 6) is 0. The standard InChI is InChI=1S/C8H17O2/c1-3-4-6-10-7-5-8(2)9/h8-9H,2-7H2,1H3. The van der Waals surface area contributed by atoms with Crippen molar-refractivity contribution < 1.29 is 9.84 Å². The molecule has 0 amide bonds. The van der Waals surface area contributed by atoms with Crippen LogP contribution in [0.25, 0.3) is 0 Å². The average molecular weight is 145 g/mol. The van der Waals surface area contributed by atoms with Crippen molar-refractivity contribution in [1.82, 2.24) is 0 Å². The lowest BCUT2D eigenvalue weighted by molar-refractivity contribution is 0.0959. The fourth-order valence-corrected chi connectivity index (χ4v) is 0.568. The first-order chi connectivity index (χ1) is 4.77. The van der Waals surface area contributed by atoms with Gasteiger partial charge in [-0.1, -0.05) is 13.3 Å². The van der Waals surface area contributed by atoms with Gasteiger partial charge in [0.25, 0.3) is 0 Å². The van der Waals surface area contributed by atoms with E-state index in [1.807, 2.05) is 0 Å². The molecule has 10 heavy (non-hydrogen) atoms. The Morgan fingerprint density at radius 2 is 2.20 bits per heavy atom. The van der Waals surface area contributed by atoms with Gasteiger partial charge in [0.1, 0.15) is 0 Å². The average Bonchev–Trinajstić information content (AvgIpc) is 1.87. The van der Waals surface area contributed by atoms with Crippen molar-refractivity contribution in [3.05, 3.63) is 6.92 Å². The Morgan fingerprint density at radius 1 is 1.50 bits per heavy atom. The zero-order valence-corrected chi connectivity index (χ0v) is 6.68. The first-order valence-corrected chi connectivity index (χ1v) is 3.86. The van der Waals surface area contributed by atoms with Crippen molar-refractivity contribution in [1.29, 1.82) is 0 Å². The Balaban J connectivity index is 2.77. The van der Waals surface area contributed by atoms with Crippen LogP contribution in [0.4, 0.5) is 0 Å². The maximum absolute atomic E-state index is 8.72. The molecular formula is C8H17O2. The lowest BCUT2D eigenvalue weighted by Crippen LogP contribution is -2.06. The van der Waals surface area contributed by atoms with E-state index in [1.54, 1.807) is 0 Å². The molecule has 2 nitrogen and oxygen atoms in total. The van der Waals surface area contributed by atoms with Gasteiger partial charge in [-0.15, -0.1) is 0 Å². The minimum absolute atomic E-state index is 0.471. The van der Waals surface area contributed by atoms with Gasteiger partial charge in [0.05, 0.1) is 6.10 Å². The normalized spacial score (nSPS) is 13.5. The molecule has 1 atom stereocenters. The molecule has 0 saturated carbocycles. The SMILES string of the molecule is [CH2]C(O)CCOCCCC.